The lowest BCUT2D eigenvalue weighted by Gasteiger charge is -2.50. The van der Waals surface area contributed by atoms with Crippen molar-refractivity contribution >= 4 is 27.4 Å². The molecular formula is C25H32N2O5S. The van der Waals surface area contributed by atoms with Crippen molar-refractivity contribution in [2.24, 2.45) is 0 Å². The molecule has 0 radical (unpaired) electrons. The summed E-state index contributed by atoms with van der Waals surface area (Å²) in [6, 6.07) is 18.8. The van der Waals surface area contributed by atoms with Crippen LogP contribution < -0.4 is 4.90 Å². The summed E-state index contributed by atoms with van der Waals surface area (Å²) in [4.78, 5) is 30.0. The molecule has 0 aliphatic carbocycles. The minimum atomic E-state index is -3.74. The van der Waals surface area contributed by atoms with Gasteiger partial charge in [0, 0.05) is 38.0 Å². The number of piperidine rings is 1. The zero-order chi connectivity index (χ0) is 24.1. The van der Waals surface area contributed by atoms with E-state index in [-0.39, 0.29) is 25.3 Å². The van der Waals surface area contributed by atoms with E-state index in [1.165, 1.54) is 12.0 Å². The molecule has 0 saturated carbocycles. The van der Waals surface area contributed by atoms with Crippen LogP contribution in [0.25, 0.3) is 0 Å². The van der Waals surface area contributed by atoms with Gasteiger partial charge in [0.15, 0.2) is 15.4 Å². The third-order valence-electron chi connectivity index (χ3n) is 6.35. The van der Waals surface area contributed by atoms with Gasteiger partial charge in [0.2, 0.25) is 5.91 Å². The second kappa shape index (κ2) is 10.5. The zero-order valence-corrected chi connectivity index (χ0v) is 20.3. The van der Waals surface area contributed by atoms with Gasteiger partial charge < -0.3 is 9.64 Å². The van der Waals surface area contributed by atoms with Crippen LogP contribution in [0.15, 0.2) is 60.7 Å². The Bertz CT molecular complexity index is 1060. The highest BCUT2D eigenvalue weighted by Crippen LogP contribution is 2.38. The summed E-state index contributed by atoms with van der Waals surface area (Å²) in [5.41, 5.74) is 0.00597. The molecule has 2 aromatic carbocycles. The zero-order valence-electron chi connectivity index (χ0n) is 19.4. The van der Waals surface area contributed by atoms with Gasteiger partial charge in [0.25, 0.3) is 0 Å². The highest BCUT2D eigenvalue weighted by atomic mass is 32.2. The van der Waals surface area contributed by atoms with Crippen molar-refractivity contribution in [2.45, 2.75) is 37.0 Å². The predicted molar refractivity (Wildman–Crippen MR) is 129 cm³/mol. The first-order chi connectivity index (χ1) is 15.7. The molecule has 3 rings (SSSR count). The van der Waals surface area contributed by atoms with Crippen molar-refractivity contribution < 1.29 is 22.7 Å². The van der Waals surface area contributed by atoms with Crippen molar-refractivity contribution in [1.29, 1.82) is 0 Å². The lowest BCUT2D eigenvalue weighted by Crippen LogP contribution is -2.71. The van der Waals surface area contributed by atoms with Gasteiger partial charge in [-0.05, 0) is 30.5 Å². The molecule has 2 unspecified atom stereocenters. The fourth-order valence-corrected chi connectivity index (χ4v) is 6.19. The molecule has 2 aromatic rings. The molecule has 0 bridgehead atoms. The normalized spacial score (nSPS) is 21.4. The van der Waals surface area contributed by atoms with Gasteiger partial charge in [-0.3, -0.25) is 9.69 Å². The number of likely N-dealkylation sites (tertiary alicyclic amines) is 1. The van der Waals surface area contributed by atoms with E-state index in [4.69, 9.17) is 4.74 Å². The molecule has 1 saturated heterocycles. The summed E-state index contributed by atoms with van der Waals surface area (Å²) < 4.78 is 31.4. The first-order valence-electron chi connectivity index (χ1n) is 11.2. The molecule has 1 aliphatic rings. The van der Waals surface area contributed by atoms with Gasteiger partial charge in [-0.2, -0.15) is 0 Å². The van der Waals surface area contributed by atoms with Gasteiger partial charge >= 0.3 is 5.97 Å². The Morgan fingerprint density at radius 2 is 1.70 bits per heavy atom. The molecule has 8 heteroatoms. The van der Waals surface area contributed by atoms with E-state index in [0.717, 1.165) is 18.2 Å². The number of benzene rings is 2. The Balaban J connectivity index is 2.03. The number of esters is 1. The van der Waals surface area contributed by atoms with Crippen LogP contribution in [0.5, 0.6) is 0 Å². The molecule has 1 fully saturated rings. The van der Waals surface area contributed by atoms with E-state index in [9.17, 15) is 18.0 Å². The number of carbonyl (C=O) groups excluding carboxylic acids is 2. The van der Waals surface area contributed by atoms with Crippen molar-refractivity contribution in [2.75, 3.05) is 37.9 Å². The maximum Gasteiger partial charge on any atom is 0.333 e. The molecule has 0 spiro atoms. The van der Waals surface area contributed by atoms with E-state index in [0.29, 0.717) is 18.8 Å². The highest BCUT2D eigenvalue weighted by molar-refractivity contribution is 7.91. The number of amides is 1. The SMILES string of the molecule is CCC(=O)N(c1ccccc1)C1(C(=O)OC)CCN(CCc2ccccc2)CC1S(C)(=O)=O. The third kappa shape index (κ3) is 5.28. The highest BCUT2D eigenvalue weighted by Gasteiger charge is 2.59. The molecule has 0 N–H and O–H groups in total. The van der Waals surface area contributed by atoms with Crippen LogP contribution >= 0.6 is 0 Å². The number of anilines is 1. The average Bonchev–Trinajstić information content (AvgIpc) is 2.83. The van der Waals surface area contributed by atoms with Crippen LogP contribution in [0.2, 0.25) is 0 Å². The van der Waals surface area contributed by atoms with E-state index in [2.05, 4.69) is 4.90 Å². The number of sulfone groups is 1. The Morgan fingerprint density at radius 1 is 1.09 bits per heavy atom. The summed E-state index contributed by atoms with van der Waals surface area (Å²) in [6.07, 6.45) is 2.18. The minimum Gasteiger partial charge on any atom is -0.467 e. The van der Waals surface area contributed by atoms with Crippen molar-refractivity contribution in [1.82, 2.24) is 4.90 Å². The quantitative estimate of drug-likeness (QED) is 0.550. The van der Waals surface area contributed by atoms with Gasteiger partial charge in [-0.1, -0.05) is 55.5 Å². The van der Waals surface area contributed by atoms with E-state index >= 15 is 0 Å². The molecule has 0 aromatic heterocycles. The minimum absolute atomic E-state index is 0.127. The Kier molecular flexibility index (Phi) is 7.92. The number of para-hydroxylation sites is 1. The second-order valence-electron chi connectivity index (χ2n) is 8.44. The van der Waals surface area contributed by atoms with Crippen LogP contribution in [0.3, 0.4) is 0 Å². The van der Waals surface area contributed by atoms with Crippen LogP contribution in [-0.2, 0) is 30.6 Å². The smallest absolute Gasteiger partial charge is 0.333 e. The van der Waals surface area contributed by atoms with Crippen molar-refractivity contribution in [3.63, 3.8) is 0 Å². The van der Waals surface area contributed by atoms with Crippen molar-refractivity contribution in [3.05, 3.63) is 66.2 Å². The van der Waals surface area contributed by atoms with Gasteiger partial charge in [-0.25, -0.2) is 13.2 Å². The van der Waals surface area contributed by atoms with Crippen LogP contribution in [0, 0.1) is 0 Å². The first kappa shape index (κ1) is 24.9. The van der Waals surface area contributed by atoms with Gasteiger partial charge in [0.1, 0.15) is 5.25 Å². The van der Waals surface area contributed by atoms with Gasteiger partial charge in [-0.15, -0.1) is 0 Å². The molecule has 178 valence electrons. The summed E-state index contributed by atoms with van der Waals surface area (Å²) in [5.74, 6) is -1.02. The summed E-state index contributed by atoms with van der Waals surface area (Å²) >= 11 is 0. The topological polar surface area (TPSA) is 84.0 Å². The average molecular weight is 473 g/mol. The van der Waals surface area contributed by atoms with E-state index in [1.807, 2.05) is 36.4 Å². The van der Waals surface area contributed by atoms with E-state index < -0.39 is 26.6 Å². The lowest BCUT2D eigenvalue weighted by atomic mass is 9.83. The van der Waals surface area contributed by atoms with Crippen LogP contribution in [-0.4, -0.2) is 69.0 Å². The Morgan fingerprint density at radius 3 is 2.24 bits per heavy atom. The number of hydrogen-bond acceptors (Lipinski definition) is 6. The molecule has 1 aliphatic heterocycles. The third-order valence-corrected chi connectivity index (χ3v) is 7.92. The maximum atomic E-state index is 13.4. The summed E-state index contributed by atoms with van der Waals surface area (Å²) in [6.45, 7) is 2.96. The fourth-order valence-electron chi connectivity index (χ4n) is 4.68. The predicted octanol–water partition coefficient (Wildman–Crippen LogP) is 2.70. The number of methoxy groups -OCH3 is 1. The standard InChI is InChI=1S/C25H32N2O5S/c1-4-23(28)27(21-13-9-6-10-14-21)25(24(29)32-2)16-18-26(19-22(25)33(3,30)31)17-15-20-11-7-5-8-12-20/h5-14,22H,4,15-19H2,1-3H3. The maximum absolute atomic E-state index is 13.4. The number of rotatable bonds is 8. The first-order valence-corrected chi connectivity index (χ1v) is 13.1. The Hall–Kier alpha value is -2.71. The summed E-state index contributed by atoms with van der Waals surface area (Å²) in [7, 11) is -2.49. The molecule has 1 heterocycles. The number of carbonyl (C=O) groups is 2. The number of ether oxygens (including phenoxy) is 1. The number of nitrogens with zero attached hydrogens (tertiary/aromatic N) is 2. The van der Waals surface area contributed by atoms with E-state index in [1.54, 1.807) is 31.2 Å². The summed E-state index contributed by atoms with van der Waals surface area (Å²) in [5, 5.41) is -1.13. The molecule has 2 atom stereocenters. The fraction of sp³-hybridized carbons (Fsp3) is 0.440. The molecule has 1 amide bonds. The number of hydrogen-bond donors (Lipinski definition) is 0. The molecule has 7 nitrogen and oxygen atoms in total. The Labute approximate surface area is 196 Å². The second-order valence-corrected chi connectivity index (χ2v) is 10.7. The van der Waals surface area contributed by atoms with Gasteiger partial charge in [0.05, 0.1) is 7.11 Å². The monoisotopic (exact) mass is 472 g/mol. The van der Waals surface area contributed by atoms with Crippen molar-refractivity contribution in [3.8, 4) is 0 Å². The largest absolute Gasteiger partial charge is 0.467 e. The lowest BCUT2D eigenvalue weighted by molar-refractivity contribution is -0.150. The van der Waals surface area contributed by atoms with Crippen LogP contribution in [0.1, 0.15) is 25.3 Å². The van der Waals surface area contributed by atoms with Crippen LogP contribution in [0.4, 0.5) is 5.69 Å². The molecular weight excluding hydrogens is 440 g/mol. The molecule has 33 heavy (non-hydrogen) atoms.